The smallest absolute Gasteiger partial charge is 0.264 e. The first-order valence-electron chi connectivity index (χ1n) is 14.6. The minimum absolute atomic E-state index is 0.0164. The first-order chi connectivity index (χ1) is 19.4. The Kier molecular flexibility index (Phi) is 9.58. The number of aromatic nitrogens is 3. The summed E-state index contributed by atoms with van der Waals surface area (Å²) < 4.78 is 14.2. The number of aliphatic hydroxyl groups excluding tert-OH is 1. The summed E-state index contributed by atoms with van der Waals surface area (Å²) in [6.07, 6.45) is 8.80. The first kappa shape index (κ1) is 31.1. The van der Waals surface area contributed by atoms with Crippen molar-refractivity contribution in [2.24, 2.45) is 5.92 Å². The monoisotopic (exact) mass is 582 g/mol. The molecule has 41 heavy (non-hydrogen) atoms. The van der Waals surface area contributed by atoms with Gasteiger partial charge in [0.15, 0.2) is 13.9 Å². The van der Waals surface area contributed by atoms with Crippen LogP contribution in [-0.2, 0) is 28.1 Å². The number of aliphatic hydroxyl groups is 1. The summed E-state index contributed by atoms with van der Waals surface area (Å²) in [5, 5.41) is 17.5. The summed E-state index contributed by atoms with van der Waals surface area (Å²) >= 11 is 0. The van der Waals surface area contributed by atoms with E-state index in [4.69, 9.17) is 9.47 Å². The average molecular weight is 583 g/mol. The highest BCUT2D eigenvalue weighted by molar-refractivity contribution is 6.71. The second-order valence-electron chi connectivity index (χ2n) is 12.3. The van der Waals surface area contributed by atoms with E-state index in [1.54, 1.807) is 11.8 Å². The van der Waals surface area contributed by atoms with Crippen LogP contribution in [0.1, 0.15) is 58.2 Å². The lowest BCUT2D eigenvalue weighted by atomic mass is 9.82. The van der Waals surface area contributed by atoms with Crippen LogP contribution in [0.5, 0.6) is 5.75 Å². The van der Waals surface area contributed by atoms with Crippen LogP contribution in [0.15, 0.2) is 47.7 Å². The zero-order valence-corrected chi connectivity index (χ0v) is 26.6. The number of benzene rings is 1. The third-order valence-electron chi connectivity index (χ3n) is 8.50. The first-order valence-corrected chi connectivity index (χ1v) is 17.6. The van der Waals surface area contributed by atoms with Gasteiger partial charge in [-0.2, -0.15) is 0 Å². The van der Waals surface area contributed by atoms with E-state index in [0.717, 1.165) is 29.8 Å². The number of nitrogens with zero attached hydrogens (tertiary/aromatic N) is 4. The van der Waals surface area contributed by atoms with Crippen LogP contribution in [0.2, 0.25) is 18.6 Å². The van der Waals surface area contributed by atoms with Gasteiger partial charge >= 0.3 is 0 Å². The van der Waals surface area contributed by atoms with Crippen molar-refractivity contribution in [3.8, 4) is 5.75 Å². The maximum atomic E-state index is 14.5. The van der Waals surface area contributed by atoms with E-state index in [1.807, 2.05) is 42.4 Å². The second-order valence-corrected chi connectivity index (χ2v) is 16.2. The molecule has 1 saturated heterocycles. The van der Waals surface area contributed by atoms with E-state index < -0.39 is 13.9 Å². The molecule has 3 heterocycles. The molecule has 1 amide bonds. The minimum atomic E-state index is -2.77. The van der Waals surface area contributed by atoms with Crippen LogP contribution in [0.3, 0.4) is 0 Å². The molecule has 0 unspecified atom stereocenters. The van der Waals surface area contributed by atoms with Crippen molar-refractivity contribution in [2.45, 2.75) is 90.3 Å². The molecule has 2 aliphatic heterocycles. The third-order valence-corrected chi connectivity index (χ3v) is 11.0. The summed E-state index contributed by atoms with van der Waals surface area (Å²) in [5.41, 5.74) is 3.52. The van der Waals surface area contributed by atoms with Gasteiger partial charge in [-0.25, -0.2) is 0 Å². The number of anilines is 1. The Hall–Kier alpha value is -2.79. The van der Waals surface area contributed by atoms with Crippen molar-refractivity contribution in [3.63, 3.8) is 0 Å². The van der Waals surface area contributed by atoms with Gasteiger partial charge in [-0.1, -0.05) is 35.4 Å². The number of rotatable bonds is 12. The molecule has 10 heteroatoms. The zero-order valence-electron chi connectivity index (χ0n) is 25.6. The lowest BCUT2D eigenvalue weighted by molar-refractivity contribution is -0.145. The summed E-state index contributed by atoms with van der Waals surface area (Å²) in [5.74, 6) is 0.339. The van der Waals surface area contributed by atoms with Crippen LogP contribution in [0, 0.1) is 5.92 Å². The summed E-state index contributed by atoms with van der Waals surface area (Å²) in [6.45, 7) is 13.2. The number of carbonyl (C=O) groups is 1. The summed E-state index contributed by atoms with van der Waals surface area (Å²) in [7, 11) is -1.14. The van der Waals surface area contributed by atoms with Gasteiger partial charge in [0, 0.05) is 49.3 Å². The Morgan fingerprint density at radius 1 is 1.24 bits per heavy atom. The maximum Gasteiger partial charge on any atom is 0.264 e. The highest BCUT2D eigenvalue weighted by atomic mass is 28.4. The lowest BCUT2D eigenvalue weighted by Crippen LogP contribution is -2.46. The number of aryl methyl sites for hydroxylation is 1. The van der Waals surface area contributed by atoms with Crippen LogP contribution >= 0.6 is 0 Å². The number of amides is 1. The van der Waals surface area contributed by atoms with Gasteiger partial charge in [-0.3, -0.25) is 9.48 Å². The Balaban J connectivity index is 1.66. The molecule has 4 atom stereocenters. The van der Waals surface area contributed by atoms with Crippen molar-refractivity contribution >= 4 is 19.9 Å². The molecule has 1 fully saturated rings. The Bertz CT molecular complexity index is 1300. The molecule has 0 bridgehead atoms. The molecule has 1 aromatic heterocycles. The highest BCUT2D eigenvalue weighted by Crippen LogP contribution is 2.60. The van der Waals surface area contributed by atoms with Gasteiger partial charge in [0.2, 0.25) is 0 Å². The van der Waals surface area contributed by atoms with Gasteiger partial charge in [-0.05, 0) is 71.3 Å². The van der Waals surface area contributed by atoms with E-state index >= 15 is 0 Å². The Labute approximate surface area is 245 Å². The fraction of sp³-hybridized carbons (Fsp3) is 0.581. The van der Waals surface area contributed by atoms with Gasteiger partial charge in [0.05, 0.1) is 24.6 Å². The molecule has 224 valence electrons. The minimum Gasteiger partial charge on any atom is -0.497 e. The van der Waals surface area contributed by atoms with Crippen LogP contribution in [-0.4, -0.2) is 65.5 Å². The predicted octanol–water partition coefficient (Wildman–Crippen LogP) is 4.75. The number of allylic oxidation sites excluding steroid dienone is 3. The number of hydrogen-bond donors (Lipinski definition) is 2. The van der Waals surface area contributed by atoms with E-state index in [9.17, 15) is 14.7 Å². The SMILES string of the molecule is COc1ccc2c(c1)[C@]1(O[C@@H](CCn3cc(CCO)nn3)[C@H]([Si](C)(C)O)[C@H]1C)C(=O)N2C/C=C(\C)CCC=C(C)C. The summed E-state index contributed by atoms with van der Waals surface area (Å²) in [6, 6.07) is 5.77. The quantitative estimate of drug-likeness (QED) is 0.275. The molecule has 0 saturated carbocycles. The number of methoxy groups -OCH3 is 1. The third kappa shape index (κ3) is 6.35. The number of ether oxygens (including phenoxy) is 2. The fourth-order valence-electron chi connectivity index (χ4n) is 6.51. The van der Waals surface area contributed by atoms with E-state index in [-0.39, 0.29) is 30.1 Å². The van der Waals surface area contributed by atoms with Gasteiger partial charge in [0.1, 0.15) is 5.75 Å². The van der Waals surface area contributed by atoms with Crippen LogP contribution in [0.4, 0.5) is 5.69 Å². The molecular formula is C31H46N4O5Si. The number of hydrogen-bond acceptors (Lipinski definition) is 7. The second kappa shape index (κ2) is 12.6. The highest BCUT2D eigenvalue weighted by Gasteiger charge is 2.66. The molecule has 2 aliphatic rings. The summed E-state index contributed by atoms with van der Waals surface area (Å²) in [4.78, 5) is 27.8. The van der Waals surface area contributed by atoms with Crippen molar-refractivity contribution in [1.82, 2.24) is 15.0 Å². The lowest BCUT2D eigenvalue weighted by Gasteiger charge is -2.32. The van der Waals surface area contributed by atoms with Crippen LogP contribution in [0.25, 0.3) is 0 Å². The largest absolute Gasteiger partial charge is 0.497 e. The van der Waals surface area contributed by atoms with E-state index in [1.165, 1.54) is 11.1 Å². The maximum absolute atomic E-state index is 14.5. The molecule has 0 radical (unpaired) electrons. The molecule has 1 aromatic carbocycles. The van der Waals surface area contributed by atoms with Crippen molar-refractivity contribution in [3.05, 3.63) is 59.0 Å². The zero-order chi connectivity index (χ0) is 29.9. The van der Waals surface area contributed by atoms with Gasteiger partial charge in [0.25, 0.3) is 5.91 Å². The van der Waals surface area contributed by atoms with Gasteiger partial charge in [-0.15, -0.1) is 5.10 Å². The molecule has 9 nitrogen and oxygen atoms in total. The standard InChI is InChI=1S/C31H46N4O5Si/c1-21(2)9-8-10-22(3)13-17-35-27-12-11-25(39-5)19-26(27)31(30(35)37)23(4)29(41(6,7)38)28(40-31)14-16-34-20-24(15-18-36)32-33-34/h9,11-13,19-20,23,28-29,36,38H,8,10,14-18H2,1-7H3/b22-13+/t23-,28+,29-,31+/m1/s1. The Morgan fingerprint density at radius 2 is 2.00 bits per heavy atom. The van der Waals surface area contributed by atoms with E-state index in [0.29, 0.717) is 31.7 Å². The number of fused-ring (bicyclic) bond motifs is 2. The Morgan fingerprint density at radius 3 is 2.66 bits per heavy atom. The average Bonchev–Trinajstić information content (AvgIpc) is 3.55. The van der Waals surface area contributed by atoms with Crippen molar-refractivity contribution < 1.29 is 24.2 Å². The molecular weight excluding hydrogens is 536 g/mol. The van der Waals surface area contributed by atoms with Gasteiger partial charge < -0.3 is 24.3 Å². The normalized spacial score (nSPS) is 24.3. The molecule has 4 rings (SSSR count). The van der Waals surface area contributed by atoms with E-state index in [2.05, 4.69) is 50.2 Å². The number of carbonyl (C=O) groups excluding carboxylic acids is 1. The molecule has 0 aliphatic carbocycles. The van der Waals surface area contributed by atoms with Crippen molar-refractivity contribution in [2.75, 3.05) is 25.2 Å². The molecule has 2 aromatic rings. The van der Waals surface area contributed by atoms with Crippen molar-refractivity contribution in [1.29, 1.82) is 0 Å². The van der Waals surface area contributed by atoms with Crippen LogP contribution < -0.4 is 9.64 Å². The topological polar surface area (TPSA) is 110 Å². The predicted molar refractivity (Wildman–Crippen MR) is 162 cm³/mol. The fourth-order valence-corrected chi connectivity index (χ4v) is 9.11. The molecule has 2 N–H and O–H groups in total. The molecule has 1 spiro atoms.